The molecule has 4 atom stereocenters. The van der Waals surface area contributed by atoms with Crippen LogP contribution in [0.2, 0.25) is 0 Å². The van der Waals surface area contributed by atoms with E-state index in [4.69, 9.17) is 5.11 Å². The summed E-state index contributed by atoms with van der Waals surface area (Å²) in [5.74, 6) is 1.80. The van der Waals surface area contributed by atoms with E-state index in [-0.39, 0.29) is 4.58 Å². The highest BCUT2D eigenvalue weighted by atomic mass is 32.2. The first kappa shape index (κ1) is 27.5. The van der Waals surface area contributed by atoms with Crippen LogP contribution < -0.4 is 0 Å². The van der Waals surface area contributed by atoms with Crippen molar-refractivity contribution in [3.63, 3.8) is 0 Å². The molecule has 0 bridgehead atoms. The summed E-state index contributed by atoms with van der Waals surface area (Å²) in [7, 11) is 0. The Morgan fingerprint density at radius 3 is 1.44 bits per heavy atom. The summed E-state index contributed by atoms with van der Waals surface area (Å²) < 4.78 is -0.252. The Kier molecular flexibility index (Phi) is 18.9. The lowest BCUT2D eigenvalue weighted by molar-refractivity contribution is -0.111. The predicted octanol–water partition coefficient (Wildman–Crippen LogP) is 3.16. The second-order valence-electron chi connectivity index (χ2n) is 7.16. The summed E-state index contributed by atoms with van der Waals surface area (Å²) in [6, 6.07) is 0. The second-order valence-corrected chi connectivity index (χ2v) is 9.96. The van der Waals surface area contributed by atoms with Crippen molar-refractivity contribution in [3.05, 3.63) is 0 Å². The van der Waals surface area contributed by atoms with Gasteiger partial charge in [-0.05, 0) is 24.3 Å². The van der Waals surface area contributed by atoms with Gasteiger partial charge in [0.15, 0.2) is 0 Å². The molecule has 7 heteroatoms. The smallest absolute Gasteiger partial charge is 0.111 e. The van der Waals surface area contributed by atoms with Gasteiger partial charge in [-0.1, -0.05) is 65.2 Å². The summed E-state index contributed by atoms with van der Waals surface area (Å²) in [6.45, 7) is 3.72. The Morgan fingerprint density at radius 1 is 0.593 bits per heavy atom. The van der Waals surface area contributed by atoms with E-state index >= 15 is 0 Å². The summed E-state index contributed by atoms with van der Waals surface area (Å²) in [4.78, 5) is 0. The van der Waals surface area contributed by atoms with Crippen molar-refractivity contribution in [1.29, 1.82) is 0 Å². The number of aliphatic hydroxyl groups is 5. The fourth-order valence-electron chi connectivity index (χ4n) is 2.75. The van der Waals surface area contributed by atoms with Gasteiger partial charge in [-0.25, -0.2) is 0 Å². The van der Waals surface area contributed by atoms with Gasteiger partial charge in [0.05, 0.1) is 11.2 Å². The largest absolute Gasteiger partial charge is 0.394 e. The molecule has 0 aliphatic heterocycles. The maximum atomic E-state index is 10.5. The van der Waals surface area contributed by atoms with Gasteiger partial charge in [-0.15, -0.1) is 23.5 Å². The Bertz CT molecular complexity index is 307. The van der Waals surface area contributed by atoms with E-state index in [9.17, 15) is 20.4 Å². The molecule has 4 unspecified atom stereocenters. The number of rotatable bonds is 19. The highest BCUT2D eigenvalue weighted by Crippen LogP contribution is 2.31. The zero-order chi connectivity index (χ0) is 20.5. The minimum atomic E-state index is -1.55. The predicted molar refractivity (Wildman–Crippen MR) is 117 cm³/mol. The Labute approximate surface area is 174 Å². The SMILES string of the molecule is CCCCCCCSC(SCCCCCCC)C(O)C(O)C(O)C(O)CO. The van der Waals surface area contributed by atoms with Crippen molar-refractivity contribution < 1.29 is 25.5 Å². The zero-order valence-corrected chi connectivity index (χ0v) is 18.8. The molecule has 0 aromatic rings. The van der Waals surface area contributed by atoms with Crippen LogP contribution in [-0.2, 0) is 0 Å². The maximum Gasteiger partial charge on any atom is 0.111 e. The van der Waals surface area contributed by atoms with E-state index < -0.39 is 31.0 Å². The Hall–Kier alpha value is 0.500. The molecule has 0 saturated carbocycles. The first-order valence-corrected chi connectivity index (χ1v) is 12.7. The fraction of sp³-hybridized carbons (Fsp3) is 1.00. The van der Waals surface area contributed by atoms with Gasteiger partial charge in [-0.2, -0.15) is 0 Å². The number of thioether (sulfide) groups is 2. The molecule has 0 heterocycles. The van der Waals surface area contributed by atoms with Gasteiger partial charge in [-0.3, -0.25) is 0 Å². The molecule has 0 amide bonds. The molecule has 164 valence electrons. The van der Waals surface area contributed by atoms with E-state index in [2.05, 4.69) is 13.8 Å². The van der Waals surface area contributed by atoms with Crippen LogP contribution in [0, 0.1) is 0 Å². The number of hydrogen-bond donors (Lipinski definition) is 5. The molecule has 0 fully saturated rings. The van der Waals surface area contributed by atoms with Crippen molar-refractivity contribution in [2.75, 3.05) is 18.1 Å². The summed E-state index contributed by atoms with van der Waals surface area (Å²) >= 11 is 3.24. The third-order valence-electron chi connectivity index (χ3n) is 4.62. The van der Waals surface area contributed by atoms with Crippen LogP contribution in [-0.4, -0.2) is 72.6 Å². The van der Waals surface area contributed by atoms with E-state index in [1.54, 1.807) is 23.5 Å². The highest BCUT2D eigenvalue weighted by Gasteiger charge is 2.35. The third kappa shape index (κ3) is 13.4. The van der Waals surface area contributed by atoms with Crippen molar-refractivity contribution in [3.8, 4) is 0 Å². The van der Waals surface area contributed by atoms with Crippen LogP contribution >= 0.6 is 23.5 Å². The minimum Gasteiger partial charge on any atom is -0.394 e. The van der Waals surface area contributed by atoms with E-state index in [0.717, 1.165) is 24.3 Å². The van der Waals surface area contributed by atoms with Crippen LogP contribution in [0.5, 0.6) is 0 Å². The standard InChI is InChI=1S/C20H42O5S2/c1-3-5-7-9-11-13-26-20(27-14-12-10-8-6-4-2)19(25)18(24)17(23)16(22)15-21/h16-25H,3-15H2,1-2H3. The Morgan fingerprint density at radius 2 is 1.04 bits per heavy atom. The monoisotopic (exact) mass is 426 g/mol. The quantitative estimate of drug-likeness (QED) is 0.160. The summed E-state index contributed by atoms with van der Waals surface area (Å²) in [5.41, 5.74) is 0. The van der Waals surface area contributed by atoms with Gasteiger partial charge < -0.3 is 25.5 Å². The average Bonchev–Trinajstić information content (AvgIpc) is 2.69. The molecule has 5 nitrogen and oxygen atoms in total. The zero-order valence-electron chi connectivity index (χ0n) is 17.1. The average molecular weight is 427 g/mol. The molecule has 0 aromatic carbocycles. The topological polar surface area (TPSA) is 101 Å². The molecule has 0 aliphatic carbocycles. The van der Waals surface area contributed by atoms with Gasteiger partial charge in [0.1, 0.15) is 24.4 Å². The van der Waals surface area contributed by atoms with E-state index in [1.807, 2.05) is 0 Å². The molecular formula is C20H42O5S2. The van der Waals surface area contributed by atoms with Gasteiger partial charge >= 0.3 is 0 Å². The number of hydrogen-bond acceptors (Lipinski definition) is 7. The molecule has 0 saturated heterocycles. The molecule has 0 rings (SSSR count). The Balaban J connectivity index is 4.46. The summed E-state index contributed by atoms with van der Waals surface area (Å²) in [6.07, 6.45) is 6.19. The van der Waals surface area contributed by atoms with E-state index in [1.165, 1.54) is 51.4 Å². The fourth-order valence-corrected chi connectivity index (χ4v) is 5.64. The molecule has 27 heavy (non-hydrogen) atoms. The molecule has 0 spiro atoms. The molecule has 0 aliphatic rings. The van der Waals surface area contributed by atoms with Gasteiger partial charge in [0.2, 0.25) is 0 Å². The van der Waals surface area contributed by atoms with Crippen molar-refractivity contribution in [2.24, 2.45) is 0 Å². The van der Waals surface area contributed by atoms with Crippen LogP contribution in [0.4, 0.5) is 0 Å². The second kappa shape index (κ2) is 18.5. The molecular weight excluding hydrogens is 384 g/mol. The van der Waals surface area contributed by atoms with Crippen molar-refractivity contribution >= 4 is 23.5 Å². The first-order chi connectivity index (χ1) is 13.0. The van der Waals surface area contributed by atoms with Gasteiger partial charge in [0, 0.05) is 0 Å². The van der Waals surface area contributed by atoms with Crippen LogP contribution in [0.1, 0.15) is 78.1 Å². The van der Waals surface area contributed by atoms with Crippen LogP contribution in [0.25, 0.3) is 0 Å². The molecule has 0 aromatic heterocycles. The molecule has 5 N–H and O–H groups in total. The van der Waals surface area contributed by atoms with Crippen molar-refractivity contribution in [1.82, 2.24) is 0 Å². The summed E-state index contributed by atoms with van der Waals surface area (Å²) in [5, 5.41) is 49.1. The lowest BCUT2D eigenvalue weighted by Gasteiger charge is -2.30. The normalized spacial score (nSPS) is 16.4. The van der Waals surface area contributed by atoms with Crippen LogP contribution in [0.3, 0.4) is 0 Å². The van der Waals surface area contributed by atoms with Crippen LogP contribution in [0.15, 0.2) is 0 Å². The number of unbranched alkanes of at least 4 members (excludes halogenated alkanes) is 8. The lowest BCUT2D eigenvalue weighted by atomic mass is 10.0. The number of aliphatic hydroxyl groups excluding tert-OH is 5. The lowest BCUT2D eigenvalue weighted by Crippen LogP contribution is -2.48. The highest BCUT2D eigenvalue weighted by molar-refractivity contribution is 8.17. The first-order valence-electron chi connectivity index (χ1n) is 10.6. The maximum absolute atomic E-state index is 10.5. The van der Waals surface area contributed by atoms with E-state index in [0.29, 0.717) is 0 Å². The van der Waals surface area contributed by atoms with Crippen molar-refractivity contribution in [2.45, 2.75) is 107 Å². The third-order valence-corrected chi connectivity index (χ3v) is 7.70. The minimum absolute atomic E-state index is 0.252. The molecule has 0 radical (unpaired) electrons. The van der Waals surface area contributed by atoms with Gasteiger partial charge in [0.25, 0.3) is 0 Å².